The predicted molar refractivity (Wildman–Crippen MR) is 98.5 cm³/mol. The Balaban J connectivity index is 2.04. The number of amides is 1. The molecule has 0 saturated carbocycles. The van der Waals surface area contributed by atoms with Crippen molar-refractivity contribution in [1.29, 1.82) is 0 Å². The number of halogens is 1. The van der Waals surface area contributed by atoms with E-state index in [1.54, 1.807) is 30.0 Å². The van der Waals surface area contributed by atoms with Gasteiger partial charge in [-0.2, -0.15) is 0 Å². The van der Waals surface area contributed by atoms with Crippen molar-refractivity contribution in [3.63, 3.8) is 0 Å². The van der Waals surface area contributed by atoms with Crippen molar-refractivity contribution in [2.24, 2.45) is 0 Å². The molecule has 0 aromatic heterocycles. The van der Waals surface area contributed by atoms with E-state index in [2.05, 4.69) is 4.72 Å². The van der Waals surface area contributed by atoms with E-state index in [0.717, 1.165) is 31.1 Å². The lowest BCUT2D eigenvalue weighted by molar-refractivity contribution is -0.141. The lowest BCUT2D eigenvalue weighted by Gasteiger charge is -2.37. The molecular weight excluding hydrogens is 364 g/mol. The van der Waals surface area contributed by atoms with Crippen LogP contribution in [0.5, 0.6) is 5.75 Å². The SMILES string of the molecule is Cc1cc(Cl)ccc1O[C@H](C)C(=O)N1CCCC[C@H]1CNS(C)(=O)=O. The fourth-order valence-electron chi connectivity index (χ4n) is 2.97. The first kappa shape index (κ1) is 20.0. The zero-order chi connectivity index (χ0) is 18.6. The van der Waals surface area contributed by atoms with Gasteiger partial charge in [-0.3, -0.25) is 4.79 Å². The number of carbonyl (C=O) groups excluding carboxylic acids is 1. The fraction of sp³-hybridized carbons (Fsp3) is 0.588. The minimum atomic E-state index is -3.28. The average molecular weight is 389 g/mol. The molecule has 2 atom stereocenters. The molecular formula is C17H25ClN2O4S. The van der Waals surface area contributed by atoms with Crippen molar-refractivity contribution in [1.82, 2.24) is 9.62 Å². The molecule has 1 aromatic rings. The Morgan fingerprint density at radius 1 is 1.44 bits per heavy atom. The molecule has 0 unspecified atom stereocenters. The van der Waals surface area contributed by atoms with E-state index in [4.69, 9.17) is 16.3 Å². The maximum absolute atomic E-state index is 12.8. The number of piperidine rings is 1. The first-order valence-electron chi connectivity index (χ1n) is 8.35. The summed E-state index contributed by atoms with van der Waals surface area (Å²) < 4.78 is 31.0. The van der Waals surface area contributed by atoms with Crippen LogP contribution >= 0.6 is 11.6 Å². The van der Waals surface area contributed by atoms with Gasteiger partial charge in [-0.05, 0) is 56.9 Å². The van der Waals surface area contributed by atoms with E-state index >= 15 is 0 Å². The molecule has 0 aliphatic carbocycles. The van der Waals surface area contributed by atoms with Gasteiger partial charge < -0.3 is 9.64 Å². The maximum atomic E-state index is 12.8. The molecule has 1 aromatic carbocycles. The van der Waals surface area contributed by atoms with Gasteiger partial charge in [0, 0.05) is 24.2 Å². The topological polar surface area (TPSA) is 75.7 Å². The Morgan fingerprint density at radius 3 is 2.80 bits per heavy atom. The van der Waals surface area contributed by atoms with Crippen LogP contribution in [0.1, 0.15) is 31.7 Å². The fourth-order valence-corrected chi connectivity index (χ4v) is 3.69. The molecule has 6 nitrogen and oxygen atoms in total. The zero-order valence-corrected chi connectivity index (χ0v) is 16.4. The summed E-state index contributed by atoms with van der Waals surface area (Å²) in [5.41, 5.74) is 0.862. The standard InChI is InChI=1S/C17H25ClN2O4S/c1-12-10-14(18)7-8-16(12)24-13(2)17(21)20-9-5-4-6-15(20)11-19-25(3,22)23/h7-8,10,13,15,19H,4-6,9,11H2,1-3H3/t13-,15+/m1/s1. The number of nitrogens with zero attached hydrogens (tertiary/aromatic N) is 1. The molecule has 0 bridgehead atoms. The van der Waals surface area contributed by atoms with Crippen LogP contribution in [-0.2, 0) is 14.8 Å². The number of benzene rings is 1. The molecule has 8 heteroatoms. The smallest absolute Gasteiger partial charge is 0.263 e. The third-order valence-electron chi connectivity index (χ3n) is 4.28. The second-order valence-corrected chi connectivity index (χ2v) is 8.74. The van der Waals surface area contributed by atoms with Gasteiger partial charge in [0.25, 0.3) is 5.91 Å². The minimum Gasteiger partial charge on any atom is -0.481 e. The van der Waals surface area contributed by atoms with Gasteiger partial charge in [0.15, 0.2) is 6.10 Å². The third kappa shape index (κ3) is 5.87. The highest BCUT2D eigenvalue weighted by Gasteiger charge is 2.31. The molecule has 1 amide bonds. The van der Waals surface area contributed by atoms with Gasteiger partial charge in [0.1, 0.15) is 5.75 Å². The number of hydrogen-bond donors (Lipinski definition) is 1. The molecule has 1 saturated heterocycles. The Morgan fingerprint density at radius 2 is 2.16 bits per heavy atom. The lowest BCUT2D eigenvalue weighted by Crippen LogP contribution is -2.52. The molecule has 1 fully saturated rings. The van der Waals surface area contributed by atoms with Gasteiger partial charge in [-0.1, -0.05) is 11.6 Å². The van der Waals surface area contributed by atoms with Crippen LogP contribution < -0.4 is 9.46 Å². The number of sulfonamides is 1. The van der Waals surface area contributed by atoms with E-state index in [1.807, 2.05) is 6.92 Å². The van der Waals surface area contributed by atoms with E-state index < -0.39 is 16.1 Å². The molecule has 0 radical (unpaired) electrons. The van der Waals surface area contributed by atoms with Crippen molar-refractivity contribution in [3.05, 3.63) is 28.8 Å². The maximum Gasteiger partial charge on any atom is 0.263 e. The Bertz CT molecular complexity index is 723. The van der Waals surface area contributed by atoms with Crippen LogP contribution in [0.15, 0.2) is 18.2 Å². The van der Waals surface area contributed by atoms with Crippen LogP contribution in [0.25, 0.3) is 0 Å². The van der Waals surface area contributed by atoms with Crippen LogP contribution in [0.3, 0.4) is 0 Å². The van der Waals surface area contributed by atoms with Crippen molar-refractivity contribution in [2.75, 3.05) is 19.3 Å². The molecule has 2 rings (SSSR count). The first-order valence-corrected chi connectivity index (χ1v) is 10.6. The molecule has 1 aliphatic rings. The zero-order valence-electron chi connectivity index (χ0n) is 14.8. The quantitative estimate of drug-likeness (QED) is 0.811. The Hall–Kier alpha value is -1.31. The monoisotopic (exact) mass is 388 g/mol. The highest BCUT2D eigenvalue weighted by atomic mass is 35.5. The van der Waals surface area contributed by atoms with Crippen LogP contribution in [0, 0.1) is 6.92 Å². The number of rotatable bonds is 6. The number of hydrogen-bond acceptors (Lipinski definition) is 4. The number of carbonyl (C=O) groups is 1. The lowest BCUT2D eigenvalue weighted by atomic mass is 10.0. The van der Waals surface area contributed by atoms with Crippen molar-refractivity contribution < 1.29 is 17.9 Å². The molecule has 0 spiro atoms. The second kappa shape index (κ2) is 8.38. The summed E-state index contributed by atoms with van der Waals surface area (Å²) in [6.07, 6.45) is 3.13. The molecule has 1 aliphatic heterocycles. The van der Waals surface area contributed by atoms with Crippen LogP contribution in [-0.4, -0.2) is 50.7 Å². The van der Waals surface area contributed by atoms with E-state index in [-0.39, 0.29) is 18.5 Å². The van der Waals surface area contributed by atoms with E-state index in [0.29, 0.717) is 17.3 Å². The summed E-state index contributed by atoms with van der Waals surface area (Å²) in [7, 11) is -3.28. The van der Waals surface area contributed by atoms with Crippen LogP contribution in [0.2, 0.25) is 5.02 Å². The number of ether oxygens (including phenoxy) is 1. The summed E-state index contributed by atoms with van der Waals surface area (Å²) in [6.45, 7) is 4.43. The normalized spacial score (nSPS) is 19.5. The molecule has 25 heavy (non-hydrogen) atoms. The van der Waals surface area contributed by atoms with Gasteiger partial charge >= 0.3 is 0 Å². The van der Waals surface area contributed by atoms with Crippen molar-refractivity contribution in [2.45, 2.75) is 45.3 Å². The van der Waals surface area contributed by atoms with Gasteiger partial charge in [-0.25, -0.2) is 13.1 Å². The summed E-state index contributed by atoms with van der Waals surface area (Å²) >= 11 is 5.94. The summed E-state index contributed by atoms with van der Waals surface area (Å²) in [4.78, 5) is 14.5. The Kier molecular flexibility index (Phi) is 6.71. The predicted octanol–water partition coefficient (Wildman–Crippen LogP) is 2.35. The Labute approximate surface area is 154 Å². The summed E-state index contributed by atoms with van der Waals surface area (Å²) in [6, 6.07) is 5.11. The summed E-state index contributed by atoms with van der Waals surface area (Å²) in [5, 5.41) is 0.617. The number of likely N-dealkylation sites (tertiary alicyclic amines) is 1. The molecule has 140 valence electrons. The van der Waals surface area contributed by atoms with Gasteiger partial charge in [0.05, 0.1) is 6.26 Å². The second-order valence-electron chi connectivity index (χ2n) is 6.47. The minimum absolute atomic E-state index is 0.130. The van der Waals surface area contributed by atoms with Crippen molar-refractivity contribution in [3.8, 4) is 5.75 Å². The highest BCUT2D eigenvalue weighted by Crippen LogP contribution is 2.24. The average Bonchev–Trinajstić information content (AvgIpc) is 2.54. The van der Waals surface area contributed by atoms with E-state index in [1.165, 1.54) is 0 Å². The van der Waals surface area contributed by atoms with Crippen molar-refractivity contribution >= 4 is 27.5 Å². The largest absolute Gasteiger partial charge is 0.481 e. The number of nitrogens with one attached hydrogen (secondary N) is 1. The number of aryl methyl sites for hydroxylation is 1. The van der Waals surface area contributed by atoms with Gasteiger partial charge in [0.2, 0.25) is 10.0 Å². The highest BCUT2D eigenvalue weighted by molar-refractivity contribution is 7.88. The van der Waals surface area contributed by atoms with Gasteiger partial charge in [-0.15, -0.1) is 0 Å². The third-order valence-corrected chi connectivity index (χ3v) is 5.21. The first-order chi connectivity index (χ1) is 11.7. The summed E-state index contributed by atoms with van der Waals surface area (Å²) in [5.74, 6) is 0.488. The van der Waals surface area contributed by atoms with Crippen LogP contribution in [0.4, 0.5) is 0 Å². The van der Waals surface area contributed by atoms with E-state index in [9.17, 15) is 13.2 Å². The molecule has 1 heterocycles. The molecule has 1 N–H and O–H groups in total.